The van der Waals surface area contributed by atoms with E-state index < -0.39 is 0 Å². The van der Waals surface area contributed by atoms with Gasteiger partial charge >= 0.3 is 0 Å². The molecule has 2 aromatic heterocycles. The van der Waals surface area contributed by atoms with Gasteiger partial charge in [0.1, 0.15) is 5.82 Å². The van der Waals surface area contributed by atoms with Crippen LogP contribution in [0.2, 0.25) is 0 Å². The van der Waals surface area contributed by atoms with E-state index in [9.17, 15) is 9.18 Å². The lowest BCUT2D eigenvalue weighted by Gasteiger charge is -2.09. The number of hydrogen-bond acceptors (Lipinski definition) is 3. The van der Waals surface area contributed by atoms with Crippen molar-refractivity contribution in [3.63, 3.8) is 0 Å². The normalized spacial score (nSPS) is 11.4. The lowest BCUT2D eigenvalue weighted by atomic mass is 10.0. The van der Waals surface area contributed by atoms with E-state index in [0.29, 0.717) is 22.2 Å². The largest absolute Gasteiger partial charge is 0.358 e. The van der Waals surface area contributed by atoms with E-state index in [1.54, 1.807) is 24.4 Å². The second kappa shape index (κ2) is 8.07. The van der Waals surface area contributed by atoms with E-state index in [1.165, 1.54) is 12.1 Å². The number of aryl methyl sites for hydroxylation is 1. The summed E-state index contributed by atoms with van der Waals surface area (Å²) in [4.78, 5) is 21.0. The third kappa shape index (κ3) is 3.63. The average Bonchev–Trinajstić information content (AvgIpc) is 3.14. The maximum absolute atomic E-state index is 13.3. The first-order valence-electron chi connectivity index (χ1n) is 10.2. The Morgan fingerprint density at radius 2 is 1.72 bits per heavy atom. The molecule has 6 heteroatoms. The predicted molar refractivity (Wildman–Crippen MR) is 125 cm³/mol. The van der Waals surface area contributed by atoms with Crippen molar-refractivity contribution in [3.8, 4) is 11.3 Å². The van der Waals surface area contributed by atoms with Crippen LogP contribution in [0.1, 0.15) is 21.6 Å². The molecule has 32 heavy (non-hydrogen) atoms. The average molecular weight is 422 g/mol. The highest BCUT2D eigenvalue weighted by molar-refractivity contribution is 6.08. The minimum Gasteiger partial charge on any atom is -0.358 e. The van der Waals surface area contributed by atoms with Crippen molar-refractivity contribution < 1.29 is 9.18 Å². The van der Waals surface area contributed by atoms with Crippen LogP contribution in [-0.4, -0.2) is 22.1 Å². The number of nitrogens with zero attached hydrogens (tertiary/aromatic N) is 2. The van der Waals surface area contributed by atoms with Gasteiger partial charge in [-0.1, -0.05) is 36.4 Å². The molecule has 0 saturated carbocycles. The first-order valence-corrected chi connectivity index (χ1v) is 10.2. The minimum absolute atomic E-state index is 0.325. The van der Waals surface area contributed by atoms with Crippen LogP contribution in [0, 0.1) is 12.7 Å². The lowest BCUT2D eigenvalue weighted by molar-refractivity contribution is 0.0956. The van der Waals surface area contributed by atoms with Crippen molar-refractivity contribution >= 4 is 33.9 Å². The van der Waals surface area contributed by atoms with Crippen LogP contribution in [0.25, 0.3) is 33.1 Å². The van der Waals surface area contributed by atoms with Gasteiger partial charge in [0.25, 0.3) is 5.91 Å². The summed E-state index contributed by atoms with van der Waals surface area (Å²) in [6.07, 6.45) is 1.65. The number of fused-ring (bicyclic) bond motifs is 2. The van der Waals surface area contributed by atoms with Crippen LogP contribution >= 0.6 is 0 Å². The van der Waals surface area contributed by atoms with E-state index in [-0.39, 0.29) is 11.7 Å². The van der Waals surface area contributed by atoms with Crippen molar-refractivity contribution in [3.05, 3.63) is 102 Å². The molecule has 0 aliphatic rings. The van der Waals surface area contributed by atoms with Crippen molar-refractivity contribution in [1.82, 2.24) is 15.4 Å². The number of carbonyl (C=O) groups excluding carboxylic acids is 1. The number of para-hydroxylation sites is 2. The SMILES string of the molecule is Cc1[nH]c2ccccc2c1C=NNC(=O)c1cc(-c2ccc(F)cc2)nc2ccccc12. The summed E-state index contributed by atoms with van der Waals surface area (Å²) in [5.74, 6) is -0.671. The number of halogens is 1. The van der Waals surface area contributed by atoms with Gasteiger partial charge in [0.05, 0.1) is 23.0 Å². The fourth-order valence-corrected chi connectivity index (χ4v) is 3.81. The molecule has 0 atom stereocenters. The number of rotatable bonds is 4. The van der Waals surface area contributed by atoms with Crippen LogP contribution in [0.15, 0.2) is 84.0 Å². The molecular weight excluding hydrogens is 403 g/mol. The summed E-state index contributed by atoms with van der Waals surface area (Å²) in [6, 6.07) is 23.1. The van der Waals surface area contributed by atoms with Crippen LogP contribution in [0.5, 0.6) is 0 Å². The van der Waals surface area contributed by atoms with Crippen LogP contribution in [-0.2, 0) is 0 Å². The monoisotopic (exact) mass is 422 g/mol. The fraction of sp³-hybridized carbons (Fsp3) is 0.0385. The topological polar surface area (TPSA) is 70.1 Å². The van der Waals surface area contributed by atoms with Gasteiger partial charge in [-0.15, -0.1) is 0 Å². The summed E-state index contributed by atoms with van der Waals surface area (Å²) >= 11 is 0. The molecule has 156 valence electrons. The van der Waals surface area contributed by atoms with Gasteiger partial charge in [-0.3, -0.25) is 4.79 Å². The number of pyridine rings is 1. The zero-order valence-corrected chi connectivity index (χ0v) is 17.3. The van der Waals surface area contributed by atoms with Crippen LogP contribution in [0.3, 0.4) is 0 Å². The molecule has 0 bridgehead atoms. The molecule has 3 aromatic carbocycles. The second-order valence-corrected chi connectivity index (χ2v) is 7.49. The van der Waals surface area contributed by atoms with E-state index in [2.05, 4.69) is 20.5 Å². The lowest BCUT2D eigenvalue weighted by Crippen LogP contribution is -2.18. The molecular formula is C26H19FN4O. The molecule has 2 N–H and O–H groups in total. The number of amides is 1. The number of H-pyrrole nitrogens is 1. The standard InChI is InChI=1S/C26H19FN4O/c1-16-22(20-7-3-4-8-23(20)29-16)15-28-31-26(32)21-14-25(17-10-12-18(27)13-11-17)30-24-9-5-2-6-19(21)24/h2-15,29H,1H3,(H,31,32). The molecule has 0 saturated heterocycles. The van der Waals surface area contributed by atoms with Gasteiger partial charge in [-0.05, 0) is 49.4 Å². The maximum Gasteiger partial charge on any atom is 0.272 e. The molecule has 0 radical (unpaired) electrons. The Bertz CT molecular complexity index is 1490. The Labute approximate surface area is 183 Å². The third-order valence-electron chi connectivity index (χ3n) is 5.40. The first-order chi connectivity index (χ1) is 15.6. The number of aromatic nitrogens is 2. The number of aromatic amines is 1. The van der Waals surface area contributed by atoms with Crippen LogP contribution < -0.4 is 5.43 Å². The number of nitrogens with one attached hydrogen (secondary N) is 2. The Morgan fingerprint density at radius 1 is 1.00 bits per heavy atom. The molecule has 0 fully saturated rings. The third-order valence-corrected chi connectivity index (χ3v) is 5.40. The summed E-state index contributed by atoms with van der Waals surface area (Å²) in [7, 11) is 0. The second-order valence-electron chi connectivity index (χ2n) is 7.49. The zero-order chi connectivity index (χ0) is 22.1. The van der Waals surface area contributed by atoms with Crippen molar-refractivity contribution in [2.24, 2.45) is 5.10 Å². The smallest absolute Gasteiger partial charge is 0.272 e. The van der Waals surface area contributed by atoms with Crippen molar-refractivity contribution in [2.45, 2.75) is 6.92 Å². The Hall–Kier alpha value is -4.32. The van der Waals surface area contributed by atoms with E-state index in [1.807, 2.05) is 55.5 Å². The summed E-state index contributed by atoms with van der Waals surface area (Å²) in [6.45, 7) is 1.97. The van der Waals surface area contributed by atoms with E-state index >= 15 is 0 Å². The van der Waals surface area contributed by atoms with Gasteiger partial charge in [0, 0.05) is 33.1 Å². The highest BCUT2D eigenvalue weighted by Gasteiger charge is 2.14. The number of hydrogen-bond donors (Lipinski definition) is 2. The Balaban J connectivity index is 1.49. The van der Waals surface area contributed by atoms with Crippen LogP contribution in [0.4, 0.5) is 4.39 Å². The predicted octanol–water partition coefficient (Wildman–Crippen LogP) is 5.59. The van der Waals surface area contributed by atoms with E-state index in [4.69, 9.17) is 0 Å². The molecule has 5 rings (SSSR count). The quantitative estimate of drug-likeness (QED) is 0.293. The van der Waals surface area contributed by atoms with Gasteiger partial charge in [0.15, 0.2) is 0 Å². The molecule has 0 aliphatic carbocycles. The Morgan fingerprint density at radius 3 is 2.53 bits per heavy atom. The molecule has 0 spiro atoms. The molecule has 5 aromatic rings. The van der Waals surface area contributed by atoms with Crippen molar-refractivity contribution in [1.29, 1.82) is 0 Å². The van der Waals surface area contributed by atoms with E-state index in [0.717, 1.165) is 27.7 Å². The summed E-state index contributed by atoms with van der Waals surface area (Å²) in [5, 5.41) is 5.96. The van der Waals surface area contributed by atoms with Gasteiger partial charge in [-0.2, -0.15) is 5.10 Å². The highest BCUT2D eigenvalue weighted by Crippen LogP contribution is 2.25. The first kappa shape index (κ1) is 19.6. The van der Waals surface area contributed by atoms with Gasteiger partial charge in [-0.25, -0.2) is 14.8 Å². The molecule has 1 amide bonds. The number of hydrazone groups is 1. The number of benzene rings is 3. The minimum atomic E-state index is -0.347. The van der Waals surface area contributed by atoms with Gasteiger partial charge in [0.2, 0.25) is 0 Å². The van der Waals surface area contributed by atoms with Gasteiger partial charge < -0.3 is 4.98 Å². The maximum atomic E-state index is 13.3. The van der Waals surface area contributed by atoms with Crippen molar-refractivity contribution in [2.75, 3.05) is 0 Å². The number of carbonyl (C=O) groups is 1. The molecule has 0 unspecified atom stereocenters. The zero-order valence-electron chi connectivity index (χ0n) is 17.3. The Kier molecular flexibility index (Phi) is 4.95. The molecule has 2 heterocycles. The molecule has 0 aliphatic heterocycles. The highest BCUT2D eigenvalue weighted by atomic mass is 19.1. The summed E-state index contributed by atoms with van der Waals surface area (Å²) < 4.78 is 13.3. The summed E-state index contributed by atoms with van der Waals surface area (Å²) in [5.41, 5.74) is 7.98. The fourth-order valence-electron chi connectivity index (χ4n) is 3.81. The molecule has 5 nitrogen and oxygen atoms in total.